The highest BCUT2D eigenvalue weighted by Crippen LogP contribution is 2.15. The van der Waals surface area contributed by atoms with E-state index in [1.54, 1.807) is 24.3 Å². The summed E-state index contributed by atoms with van der Waals surface area (Å²) in [6, 6.07) is 6.96. The van der Waals surface area contributed by atoms with Gasteiger partial charge in [0.05, 0.1) is 6.61 Å². The van der Waals surface area contributed by atoms with Gasteiger partial charge in [-0.25, -0.2) is 0 Å². The number of carbonyl (C=O) groups excluding carboxylic acids is 2. The maximum atomic E-state index is 11.7. The predicted molar refractivity (Wildman–Crippen MR) is 83.3 cm³/mol. The highest BCUT2D eigenvalue weighted by molar-refractivity contribution is 6.39. The van der Waals surface area contributed by atoms with E-state index < -0.39 is 11.8 Å². The van der Waals surface area contributed by atoms with Gasteiger partial charge in [0.15, 0.2) is 0 Å². The minimum Gasteiger partial charge on any atom is -0.494 e. The van der Waals surface area contributed by atoms with E-state index in [4.69, 9.17) is 4.74 Å². The second-order valence-electron chi connectivity index (χ2n) is 5.27. The van der Waals surface area contributed by atoms with Gasteiger partial charge < -0.3 is 15.4 Å². The molecule has 5 nitrogen and oxygen atoms in total. The second-order valence-corrected chi connectivity index (χ2v) is 5.27. The van der Waals surface area contributed by atoms with Gasteiger partial charge in [-0.3, -0.25) is 9.59 Å². The monoisotopic (exact) mass is 292 g/mol. The molecule has 0 fully saturated rings. The van der Waals surface area contributed by atoms with E-state index in [-0.39, 0.29) is 0 Å². The fraction of sp³-hybridized carbons (Fsp3) is 0.500. The molecule has 0 unspecified atom stereocenters. The molecule has 0 saturated heterocycles. The zero-order valence-corrected chi connectivity index (χ0v) is 12.9. The molecule has 21 heavy (non-hydrogen) atoms. The van der Waals surface area contributed by atoms with E-state index in [1.807, 2.05) is 6.92 Å². The minimum atomic E-state index is -0.652. The zero-order valence-electron chi connectivity index (χ0n) is 12.9. The van der Waals surface area contributed by atoms with Crippen molar-refractivity contribution in [2.24, 2.45) is 5.92 Å². The van der Waals surface area contributed by atoms with E-state index in [0.29, 0.717) is 24.8 Å². The fourth-order valence-corrected chi connectivity index (χ4v) is 1.60. The number of ether oxygens (including phenoxy) is 1. The Morgan fingerprint density at radius 2 is 1.81 bits per heavy atom. The summed E-state index contributed by atoms with van der Waals surface area (Å²) in [6.07, 6.45) is 1.79. The largest absolute Gasteiger partial charge is 0.494 e. The topological polar surface area (TPSA) is 67.4 Å². The Morgan fingerprint density at radius 1 is 1.14 bits per heavy atom. The van der Waals surface area contributed by atoms with Gasteiger partial charge in [-0.15, -0.1) is 0 Å². The van der Waals surface area contributed by atoms with Crippen LogP contribution in [0.1, 0.15) is 33.6 Å². The number of rotatable bonds is 7. The quantitative estimate of drug-likeness (QED) is 0.759. The Morgan fingerprint density at radius 3 is 2.38 bits per heavy atom. The maximum Gasteiger partial charge on any atom is 0.313 e. The van der Waals surface area contributed by atoms with Crippen molar-refractivity contribution in [2.75, 3.05) is 18.5 Å². The molecule has 2 N–H and O–H groups in total. The second kappa shape index (κ2) is 9.00. The van der Waals surface area contributed by atoms with E-state index >= 15 is 0 Å². The number of carbonyl (C=O) groups is 2. The van der Waals surface area contributed by atoms with Crippen LogP contribution in [0.25, 0.3) is 0 Å². The van der Waals surface area contributed by atoms with Gasteiger partial charge in [0.2, 0.25) is 0 Å². The molecule has 0 aromatic heterocycles. The van der Waals surface area contributed by atoms with Gasteiger partial charge in [0.1, 0.15) is 5.75 Å². The van der Waals surface area contributed by atoms with Crippen molar-refractivity contribution >= 4 is 17.5 Å². The first-order chi connectivity index (χ1) is 10.0. The van der Waals surface area contributed by atoms with Crippen LogP contribution in [-0.2, 0) is 9.59 Å². The zero-order chi connectivity index (χ0) is 15.7. The molecule has 0 heterocycles. The third-order valence-electron chi connectivity index (χ3n) is 2.80. The molecule has 1 aromatic carbocycles. The van der Waals surface area contributed by atoms with Crippen LogP contribution in [0.2, 0.25) is 0 Å². The molecule has 0 spiro atoms. The molecule has 0 aliphatic heterocycles. The number of anilines is 1. The van der Waals surface area contributed by atoms with Gasteiger partial charge in [0.25, 0.3) is 0 Å². The Labute approximate surface area is 126 Å². The average molecular weight is 292 g/mol. The summed E-state index contributed by atoms with van der Waals surface area (Å²) in [4.78, 5) is 23.3. The average Bonchev–Trinajstić information content (AvgIpc) is 2.46. The summed E-state index contributed by atoms with van der Waals surface area (Å²) >= 11 is 0. The molecule has 1 rings (SSSR count). The van der Waals surface area contributed by atoms with Gasteiger partial charge in [-0.1, -0.05) is 20.8 Å². The molecule has 0 bridgehead atoms. The molecular weight excluding hydrogens is 268 g/mol. The standard InChI is InChI=1S/C16H24N2O3/c1-4-11-21-14-7-5-13(6-8-14)18-16(20)15(19)17-10-9-12(2)3/h5-8,12H,4,9-11H2,1-3H3,(H,17,19)(H,18,20). The lowest BCUT2D eigenvalue weighted by Gasteiger charge is -2.09. The molecule has 1 aromatic rings. The van der Waals surface area contributed by atoms with Crippen molar-refractivity contribution in [1.82, 2.24) is 5.32 Å². The smallest absolute Gasteiger partial charge is 0.313 e. The number of hydrogen-bond acceptors (Lipinski definition) is 3. The number of hydrogen-bond donors (Lipinski definition) is 2. The summed E-state index contributed by atoms with van der Waals surface area (Å²) in [7, 11) is 0. The SMILES string of the molecule is CCCOc1ccc(NC(=O)C(=O)NCCC(C)C)cc1. The highest BCUT2D eigenvalue weighted by Gasteiger charge is 2.13. The third-order valence-corrected chi connectivity index (χ3v) is 2.80. The van der Waals surface area contributed by atoms with E-state index in [0.717, 1.165) is 18.6 Å². The van der Waals surface area contributed by atoms with Crippen molar-refractivity contribution in [3.8, 4) is 5.75 Å². The molecule has 5 heteroatoms. The van der Waals surface area contributed by atoms with Crippen LogP contribution in [-0.4, -0.2) is 25.0 Å². The van der Waals surface area contributed by atoms with Gasteiger partial charge >= 0.3 is 11.8 Å². The Balaban J connectivity index is 2.41. The summed E-state index contributed by atoms with van der Waals surface area (Å²) in [6.45, 7) is 7.33. The lowest BCUT2D eigenvalue weighted by molar-refractivity contribution is -0.136. The molecule has 0 aliphatic carbocycles. The molecular formula is C16H24N2O3. The first-order valence-electron chi connectivity index (χ1n) is 7.35. The minimum absolute atomic E-state index is 0.490. The molecule has 0 radical (unpaired) electrons. The maximum absolute atomic E-state index is 11.7. The van der Waals surface area contributed by atoms with Crippen molar-refractivity contribution in [3.63, 3.8) is 0 Å². The summed E-state index contributed by atoms with van der Waals surface area (Å²) < 4.78 is 5.45. The van der Waals surface area contributed by atoms with Gasteiger partial charge in [0, 0.05) is 12.2 Å². The Hall–Kier alpha value is -2.04. The molecule has 0 saturated carbocycles. The van der Waals surface area contributed by atoms with Crippen LogP contribution >= 0.6 is 0 Å². The van der Waals surface area contributed by atoms with Crippen molar-refractivity contribution in [3.05, 3.63) is 24.3 Å². The van der Waals surface area contributed by atoms with Crippen LogP contribution in [0, 0.1) is 5.92 Å². The lowest BCUT2D eigenvalue weighted by atomic mass is 10.1. The van der Waals surface area contributed by atoms with Crippen molar-refractivity contribution in [2.45, 2.75) is 33.6 Å². The van der Waals surface area contributed by atoms with E-state index in [1.165, 1.54) is 0 Å². The van der Waals surface area contributed by atoms with Crippen molar-refractivity contribution in [1.29, 1.82) is 0 Å². The number of amides is 2. The Bertz CT molecular complexity index is 455. The normalized spacial score (nSPS) is 10.3. The summed E-state index contributed by atoms with van der Waals surface area (Å²) in [5, 5.41) is 5.15. The van der Waals surface area contributed by atoms with Crippen LogP contribution in [0.15, 0.2) is 24.3 Å². The molecule has 0 atom stereocenters. The van der Waals surface area contributed by atoms with Crippen LogP contribution in [0.4, 0.5) is 5.69 Å². The van der Waals surface area contributed by atoms with Crippen LogP contribution in [0.3, 0.4) is 0 Å². The first kappa shape index (κ1) is 17.0. The number of benzene rings is 1. The van der Waals surface area contributed by atoms with Crippen LogP contribution in [0.5, 0.6) is 5.75 Å². The molecule has 0 aliphatic rings. The highest BCUT2D eigenvalue weighted by atomic mass is 16.5. The van der Waals surface area contributed by atoms with Crippen LogP contribution < -0.4 is 15.4 Å². The Kier molecular flexibility index (Phi) is 7.29. The fourth-order valence-electron chi connectivity index (χ4n) is 1.60. The summed E-state index contributed by atoms with van der Waals surface area (Å²) in [5.41, 5.74) is 0.572. The van der Waals surface area contributed by atoms with Gasteiger partial charge in [-0.2, -0.15) is 0 Å². The molecule has 2 amide bonds. The first-order valence-corrected chi connectivity index (χ1v) is 7.35. The molecule has 116 valence electrons. The van der Waals surface area contributed by atoms with E-state index in [2.05, 4.69) is 24.5 Å². The number of nitrogens with one attached hydrogen (secondary N) is 2. The van der Waals surface area contributed by atoms with Gasteiger partial charge in [-0.05, 0) is 43.0 Å². The lowest BCUT2D eigenvalue weighted by Crippen LogP contribution is -2.36. The van der Waals surface area contributed by atoms with E-state index in [9.17, 15) is 9.59 Å². The van der Waals surface area contributed by atoms with Crippen molar-refractivity contribution < 1.29 is 14.3 Å². The third kappa shape index (κ3) is 6.79. The summed E-state index contributed by atoms with van der Waals surface area (Å²) in [5.74, 6) is -0.0248. The predicted octanol–water partition coefficient (Wildman–Crippen LogP) is 2.58.